The molecule has 190 valence electrons. The lowest BCUT2D eigenvalue weighted by molar-refractivity contribution is 0.1000. The number of aromatic nitrogens is 1. The zero-order chi connectivity index (χ0) is 26.9. The maximum Gasteiger partial charge on any atom is 0.249 e. The van der Waals surface area contributed by atoms with E-state index in [9.17, 15) is 9.59 Å². The van der Waals surface area contributed by atoms with Gasteiger partial charge in [0, 0.05) is 34.0 Å². The van der Waals surface area contributed by atoms with Crippen LogP contribution < -0.4 is 10.5 Å². The summed E-state index contributed by atoms with van der Waals surface area (Å²) in [7, 11) is 1.65. The minimum Gasteiger partial charge on any atom is -0.497 e. The molecule has 0 atom stereocenters. The number of methoxy groups -OCH3 is 1. The lowest BCUT2D eigenvalue weighted by Crippen LogP contribution is -2.11. The zero-order valence-electron chi connectivity index (χ0n) is 21.4. The van der Waals surface area contributed by atoms with Crippen LogP contribution >= 0.6 is 0 Å². The fourth-order valence-electron chi connectivity index (χ4n) is 5.28. The summed E-state index contributed by atoms with van der Waals surface area (Å²) in [6.45, 7) is 0.447. The second kappa shape index (κ2) is 9.95. The molecule has 0 radical (unpaired) electrons. The second-order valence-corrected chi connectivity index (χ2v) is 9.46. The van der Waals surface area contributed by atoms with Gasteiger partial charge in [0.1, 0.15) is 5.75 Å². The lowest BCUT2D eigenvalue weighted by Gasteiger charge is -2.13. The topological polar surface area (TPSA) is 74.3 Å². The highest BCUT2D eigenvalue weighted by Crippen LogP contribution is 2.35. The number of carbonyl (C=O) groups excluding carboxylic acids is 2. The van der Waals surface area contributed by atoms with Crippen molar-refractivity contribution in [2.24, 2.45) is 5.73 Å². The Morgan fingerprint density at radius 3 is 2.15 bits per heavy atom. The Morgan fingerprint density at radius 1 is 0.718 bits per heavy atom. The number of rotatable bonds is 7. The van der Waals surface area contributed by atoms with Crippen molar-refractivity contribution in [2.75, 3.05) is 7.11 Å². The molecule has 0 aliphatic carbocycles. The van der Waals surface area contributed by atoms with Crippen LogP contribution in [-0.2, 0) is 6.54 Å². The van der Waals surface area contributed by atoms with Gasteiger partial charge in [-0.3, -0.25) is 9.59 Å². The van der Waals surface area contributed by atoms with Gasteiger partial charge in [-0.2, -0.15) is 0 Å². The third-order valence-electron chi connectivity index (χ3n) is 7.21. The molecular formula is C34H26N2O3. The van der Waals surface area contributed by atoms with Gasteiger partial charge in [-0.05, 0) is 47.0 Å². The molecule has 6 rings (SSSR count). The van der Waals surface area contributed by atoms with E-state index in [1.54, 1.807) is 13.2 Å². The highest BCUT2D eigenvalue weighted by Gasteiger charge is 2.19. The Kier molecular flexibility index (Phi) is 6.17. The summed E-state index contributed by atoms with van der Waals surface area (Å²) < 4.78 is 7.49. The number of amides is 1. The molecule has 0 aliphatic heterocycles. The molecule has 2 N–H and O–H groups in total. The lowest BCUT2D eigenvalue weighted by atomic mass is 9.98. The van der Waals surface area contributed by atoms with Gasteiger partial charge in [0.05, 0.1) is 18.1 Å². The maximum atomic E-state index is 13.5. The highest BCUT2D eigenvalue weighted by molar-refractivity contribution is 6.18. The summed E-state index contributed by atoms with van der Waals surface area (Å²) in [6.07, 6.45) is 0. The molecule has 5 heteroatoms. The molecule has 0 saturated heterocycles. The van der Waals surface area contributed by atoms with Gasteiger partial charge in [0.25, 0.3) is 0 Å². The monoisotopic (exact) mass is 510 g/mol. The number of primary amides is 1. The number of nitrogens with zero attached hydrogens (tertiary/aromatic N) is 1. The zero-order valence-corrected chi connectivity index (χ0v) is 21.4. The highest BCUT2D eigenvalue weighted by atomic mass is 16.5. The van der Waals surface area contributed by atoms with Crippen molar-refractivity contribution in [3.05, 3.63) is 138 Å². The van der Waals surface area contributed by atoms with Crippen LogP contribution in [0.1, 0.15) is 31.8 Å². The molecule has 1 heterocycles. The first-order valence-corrected chi connectivity index (χ1v) is 12.7. The first kappa shape index (κ1) is 24.2. The third-order valence-corrected chi connectivity index (χ3v) is 7.21. The van der Waals surface area contributed by atoms with Crippen molar-refractivity contribution in [3.8, 4) is 16.9 Å². The van der Waals surface area contributed by atoms with Crippen LogP contribution in [-0.4, -0.2) is 23.4 Å². The number of fused-ring (bicyclic) bond motifs is 3. The number of hydrogen-bond acceptors (Lipinski definition) is 3. The molecule has 1 aromatic heterocycles. The van der Waals surface area contributed by atoms with Crippen LogP contribution in [0.3, 0.4) is 0 Å². The SMILES string of the molecule is COc1ccc(-c2ccc3c4c(C(N)=O)cccc4n(Cc4ccccc4C(=O)c4ccccc4)c3c2)cc1. The summed E-state index contributed by atoms with van der Waals surface area (Å²) in [5.41, 5.74) is 12.4. The normalized spacial score (nSPS) is 11.1. The smallest absolute Gasteiger partial charge is 0.249 e. The summed E-state index contributed by atoms with van der Waals surface area (Å²) in [4.78, 5) is 25.9. The first-order valence-electron chi connectivity index (χ1n) is 12.7. The minimum absolute atomic E-state index is 0.0243. The molecule has 0 unspecified atom stereocenters. The van der Waals surface area contributed by atoms with Crippen molar-refractivity contribution in [3.63, 3.8) is 0 Å². The van der Waals surface area contributed by atoms with Gasteiger partial charge in [-0.15, -0.1) is 0 Å². The van der Waals surface area contributed by atoms with Gasteiger partial charge < -0.3 is 15.0 Å². The van der Waals surface area contributed by atoms with E-state index in [-0.39, 0.29) is 5.78 Å². The molecule has 0 aliphatic rings. The van der Waals surface area contributed by atoms with E-state index in [0.29, 0.717) is 23.2 Å². The van der Waals surface area contributed by atoms with E-state index in [4.69, 9.17) is 10.5 Å². The number of carbonyl (C=O) groups is 2. The predicted molar refractivity (Wildman–Crippen MR) is 155 cm³/mol. The van der Waals surface area contributed by atoms with Gasteiger partial charge in [0.15, 0.2) is 5.78 Å². The average Bonchev–Trinajstić information content (AvgIpc) is 3.30. The molecule has 5 nitrogen and oxygen atoms in total. The standard InChI is InChI=1S/C34H26N2O3/c1-39-26-17-14-22(15-18-26)24-16-19-28-31(20-24)36(30-13-7-12-29(32(28)30)34(35)38)21-25-10-5-6-11-27(25)33(37)23-8-3-2-4-9-23/h2-20H,21H2,1H3,(H2,35,38). The van der Waals surface area contributed by atoms with Crippen molar-refractivity contribution < 1.29 is 14.3 Å². The van der Waals surface area contributed by atoms with Crippen molar-refractivity contribution in [2.45, 2.75) is 6.54 Å². The van der Waals surface area contributed by atoms with Gasteiger partial charge >= 0.3 is 0 Å². The summed E-state index contributed by atoms with van der Waals surface area (Å²) in [5.74, 6) is 0.294. The van der Waals surface area contributed by atoms with Gasteiger partial charge in [-0.1, -0.05) is 84.9 Å². The largest absolute Gasteiger partial charge is 0.497 e. The van der Waals surface area contributed by atoms with Crippen LogP contribution in [0.2, 0.25) is 0 Å². The first-order chi connectivity index (χ1) is 19.0. The van der Waals surface area contributed by atoms with Crippen molar-refractivity contribution in [1.82, 2.24) is 4.57 Å². The molecule has 1 amide bonds. The Labute approximate surface area is 226 Å². The van der Waals surface area contributed by atoms with Crippen LogP contribution in [0.4, 0.5) is 0 Å². The Morgan fingerprint density at radius 2 is 1.41 bits per heavy atom. The third kappa shape index (κ3) is 4.34. The maximum absolute atomic E-state index is 13.5. The molecule has 5 aromatic carbocycles. The van der Waals surface area contributed by atoms with E-state index in [2.05, 4.69) is 16.7 Å². The van der Waals surface area contributed by atoms with Crippen LogP contribution in [0.25, 0.3) is 32.9 Å². The molecule has 0 bridgehead atoms. The average molecular weight is 511 g/mol. The number of ether oxygens (including phenoxy) is 1. The second-order valence-electron chi connectivity index (χ2n) is 9.46. The molecule has 39 heavy (non-hydrogen) atoms. The Balaban J connectivity index is 1.55. The fourth-order valence-corrected chi connectivity index (χ4v) is 5.28. The van der Waals surface area contributed by atoms with Crippen LogP contribution in [0.15, 0.2) is 115 Å². The number of benzene rings is 5. The molecular weight excluding hydrogens is 484 g/mol. The number of nitrogens with two attached hydrogens (primary N) is 1. The van der Waals surface area contributed by atoms with Gasteiger partial charge in [-0.25, -0.2) is 0 Å². The van der Waals surface area contributed by atoms with E-state index in [1.165, 1.54) is 0 Å². The molecule has 0 saturated carbocycles. The fraction of sp³-hybridized carbons (Fsp3) is 0.0588. The van der Waals surface area contributed by atoms with Crippen LogP contribution in [0, 0.1) is 0 Å². The van der Waals surface area contributed by atoms with Gasteiger partial charge in [0.2, 0.25) is 5.91 Å². The van der Waals surface area contributed by atoms with E-state index < -0.39 is 5.91 Å². The number of hydrogen-bond donors (Lipinski definition) is 1. The quantitative estimate of drug-likeness (QED) is 0.239. The summed E-state index contributed by atoms with van der Waals surface area (Å²) in [6, 6.07) is 36.8. The van der Waals surface area contributed by atoms with Crippen molar-refractivity contribution >= 4 is 33.5 Å². The van der Waals surface area contributed by atoms with E-state index in [1.807, 2.05) is 97.1 Å². The number of ketones is 1. The van der Waals surface area contributed by atoms with E-state index >= 15 is 0 Å². The summed E-state index contributed by atoms with van der Waals surface area (Å²) in [5, 5.41) is 1.75. The Bertz CT molecular complexity index is 1850. The molecule has 0 fully saturated rings. The molecule has 6 aromatic rings. The van der Waals surface area contributed by atoms with Crippen LogP contribution in [0.5, 0.6) is 5.75 Å². The summed E-state index contributed by atoms with van der Waals surface area (Å²) >= 11 is 0. The van der Waals surface area contributed by atoms with E-state index in [0.717, 1.165) is 44.2 Å². The molecule has 0 spiro atoms. The van der Waals surface area contributed by atoms with Crippen molar-refractivity contribution in [1.29, 1.82) is 0 Å². The predicted octanol–water partition coefficient (Wildman–Crippen LogP) is 6.85. The minimum atomic E-state index is -0.474. The Hall–Kier alpha value is -5.16.